The Morgan fingerprint density at radius 2 is 2.00 bits per heavy atom. The highest BCUT2D eigenvalue weighted by molar-refractivity contribution is 6.06. The van der Waals surface area contributed by atoms with E-state index in [4.69, 9.17) is 4.74 Å². The number of hydrogen-bond acceptors (Lipinski definition) is 4. The first-order valence-electron chi connectivity index (χ1n) is 6.16. The summed E-state index contributed by atoms with van der Waals surface area (Å²) in [4.78, 5) is 24.4. The molecule has 2 rings (SSSR count). The van der Waals surface area contributed by atoms with E-state index in [1.807, 2.05) is 13.8 Å². The van der Waals surface area contributed by atoms with Gasteiger partial charge >= 0.3 is 5.97 Å². The van der Waals surface area contributed by atoms with Gasteiger partial charge in [-0.05, 0) is 31.1 Å². The number of aliphatic hydroxyl groups is 1. The SMILES string of the molecule is COC(=O)[C@]12CC[C@H](O)[C@H](C1=O)C(C)(C)CC2. The molecule has 96 valence electrons. The van der Waals surface area contributed by atoms with Gasteiger partial charge in [0, 0.05) is 5.92 Å². The predicted molar refractivity (Wildman–Crippen MR) is 61.2 cm³/mol. The van der Waals surface area contributed by atoms with Gasteiger partial charge in [-0.3, -0.25) is 9.59 Å². The molecule has 0 spiro atoms. The van der Waals surface area contributed by atoms with Crippen LogP contribution in [0.25, 0.3) is 0 Å². The minimum absolute atomic E-state index is 0.112. The van der Waals surface area contributed by atoms with Gasteiger partial charge in [0.15, 0.2) is 5.78 Å². The number of fused-ring (bicyclic) bond motifs is 2. The molecular formula is C13H20O4. The van der Waals surface area contributed by atoms with Gasteiger partial charge in [-0.25, -0.2) is 0 Å². The van der Waals surface area contributed by atoms with Gasteiger partial charge in [0.05, 0.1) is 13.2 Å². The molecule has 17 heavy (non-hydrogen) atoms. The zero-order chi connectivity index (χ0) is 12.8. The topological polar surface area (TPSA) is 63.6 Å². The molecule has 2 bridgehead atoms. The number of esters is 1. The second-order valence-electron chi connectivity index (χ2n) is 6.01. The minimum Gasteiger partial charge on any atom is -0.468 e. The molecule has 2 aliphatic carbocycles. The van der Waals surface area contributed by atoms with Crippen molar-refractivity contribution >= 4 is 11.8 Å². The molecule has 0 radical (unpaired) electrons. The van der Waals surface area contributed by atoms with Crippen LogP contribution in [0.4, 0.5) is 0 Å². The van der Waals surface area contributed by atoms with Crippen LogP contribution in [-0.2, 0) is 14.3 Å². The average Bonchev–Trinajstić information content (AvgIpc) is 2.26. The molecule has 0 amide bonds. The second kappa shape index (κ2) is 3.80. The van der Waals surface area contributed by atoms with E-state index in [1.54, 1.807) is 0 Å². The molecule has 3 atom stereocenters. The summed E-state index contributed by atoms with van der Waals surface area (Å²) in [5.41, 5.74) is -1.21. The van der Waals surface area contributed by atoms with Gasteiger partial charge < -0.3 is 9.84 Å². The zero-order valence-corrected chi connectivity index (χ0v) is 10.7. The summed E-state index contributed by atoms with van der Waals surface area (Å²) >= 11 is 0. The molecule has 2 fully saturated rings. The van der Waals surface area contributed by atoms with Crippen molar-refractivity contribution in [2.75, 3.05) is 7.11 Å². The Balaban J connectivity index is 2.41. The van der Waals surface area contributed by atoms with E-state index >= 15 is 0 Å². The molecule has 0 aromatic carbocycles. The summed E-state index contributed by atoms with van der Waals surface area (Å²) in [6.07, 6.45) is 1.64. The van der Waals surface area contributed by atoms with Gasteiger partial charge in [0.1, 0.15) is 5.41 Å². The number of carbonyl (C=O) groups is 2. The van der Waals surface area contributed by atoms with Crippen molar-refractivity contribution in [2.45, 2.75) is 45.6 Å². The summed E-state index contributed by atoms with van der Waals surface area (Å²) in [5, 5.41) is 10.0. The Bertz CT molecular complexity index is 360. The van der Waals surface area contributed by atoms with Crippen molar-refractivity contribution in [1.29, 1.82) is 0 Å². The standard InChI is InChI=1S/C13H20O4/c1-12(2)6-7-13(11(16)17-3)5-4-8(14)9(12)10(13)15/h8-9,14H,4-7H2,1-3H3/t8-,9+,13-/m0/s1. The van der Waals surface area contributed by atoms with Crippen LogP contribution < -0.4 is 0 Å². The Morgan fingerprint density at radius 1 is 1.35 bits per heavy atom. The first-order valence-corrected chi connectivity index (χ1v) is 6.16. The van der Waals surface area contributed by atoms with Gasteiger partial charge in [0.25, 0.3) is 0 Å². The van der Waals surface area contributed by atoms with Crippen LogP contribution in [0, 0.1) is 16.7 Å². The number of rotatable bonds is 1. The molecule has 0 aliphatic heterocycles. The number of Topliss-reactive ketones (excluding diaryl/α,β-unsaturated/α-hetero) is 1. The van der Waals surface area contributed by atoms with Crippen LogP contribution in [0.15, 0.2) is 0 Å². The normalized spacial score (nSPS) is 39.9. The van der Waals surface area contributed by atoms with Gasteiger partial charge in [-0.15, -0.1) is 0 Å². The third-order valence-corrected chi connectivity index (χ3v) is 4.62. The summed E-state index contributed by atoms with van der Waals surface area (Å²) in [6, 6.07) is 0. The van der Waals surface area contributed by atoms with Crippen LogP contribution in [0.2, 0.25) is 0 Å². The predicted octanol–water partition coefficient (Wildman–Crippen LogP) is 1.31. The fourth-order valence-electron chi connectivity index (χ4n) is 3.47. The van der Waals surface area contributed by atoms with Crippen molar-refractivity contribution in [2.24, 2.45) is 16.7 Å². The van der Waals surface area contributed by atoms with Crippen LogP contribution in [0.5, 0.6) is 0 Å². The lowest BCUT2D eigenvalue weighted by molar-refractivity contribution is -0.176. The van der Waals surface area contributed by atoms with Crippen LogP contribution in [0.3, 0.4) is 0 Å². The van der Waals surface area contributed by atoms with Crippen molar-refractivity contribution in [3.63, 3.8) is 0 Å². The third kappa shape index (κ3) is 1.61. The van der Waals surface area contributed by atoms with Crippen LogP contribution in [-0.4, -0.2) is 30.1 Å². The molecule has 2 aliphatic rings. The summed E-state index contributed by atoms with van der Waals surface area (Å²) < 4.78 is 4.80. The highest BCUT2D eigenvalue weighted by Crippen LogP contribution is 2.54. The van der Waals surface area contributed by atoms with Crippen molar-refractivity contribution in [3.8, 4) is 0 Å². The molecular weight excluding hydrogens is 220 g/mol. The molecule has 2 saturated carbocycles. The highest BCUT2D eigenvalue weighted by Gasteiger charge is 2.60. The first-order chi connectivity index (χ1) is 7.85. The number of ether oxygens (including phenoxy) is 1. The van der Waals surface area contributed by atoms with Crippen molar-refractivity contribution < 1.29 is 19.4 Å². The monoisotopic (exact) mass is 240 g/mol. The fourth-order valence-corrected chi connectivity index (χ4v) is 3.47. The number of carbonyl (C=O) groups excluding carboxylic acids is 2. The summed E-state index contributed by atoms with van der Waals surface area (Å²) in [5.74, 6) is -0.960. The molecule has 0 unspecified atom stereocenters. The van der Waals surface area contributed by atoms with E-state index in [1.165, 1.54) is 7.11 Å². The molecule has 4 heteroatoms. The zero-order valence-electron chi connectivity index (χ0n) is 10.7. The summed E-state index contributed by atoms with van der Waals surface area (Å²) in [7, 11) is 1.32. The number of aliphatic hydroxyl groups excluding tert-OH is 1. The van der Waals surface area contributed by atoms with E-state index < -0.39 is 23.4 Å². The molecule has 0 aromatic rings. The fraction of sp³-hybridized carbons (Fsp3) is 0.846. The lowest BCUT2D eigenvalue weighted by atomic mass is 9.52. The van der Waals surface area contributed by atoms with Gasteiger partial charge in [-0.2, -0.15) is 0 Å². The Morgan fingerprint density at radius 3 is 2.59 bits per heavy atom. The lowest BCUT2D eigenvalue weighted by Crippen LogP contribution is -2.59. The van der Waals surface area contributed by atoms with Gasteiger partial charge in [0.2, 0.25) is 0 Å². The Hall–Kier alpha value is -0.900. The molecule has 4 nitrogen and oxygen atoms in total. The maximum atomic E-state index is 12.5. The largest absolute Gasteiger partial charge is 0.468 e. The maximum absolute atomic E-state index is 12.5. The van der Waals surface area contributed by atoms with E-state index in [9.17, 15) is 14.7 Å². The maximum Gasteiger partial charge on any atom is 0.319 e. The number of ketones is 1. The van der Waals surface area contributed by atoms with Crippen molar-refractivity contribution in [1.82, 2.24) is 0 Å². The second-order valence-corrected chi connectivity index (χ2v) is 6.01. The number of methoxy groups -OCH3 is 1. The number of hydrogen-bond donors (Lipinski definition) is 1. The van der Waals surface area contributed by atoms with Gasteiger partial charge in [-0.1, -0.05) is 13.8 Å². The average molecular weight is 240 g/mol. The summed E-state index contributed by atoms with van der Waals surface area (Å²) in [6.45, 7) is 3.98. The molecule has 0 aromatic heterocycles. The smallest absolute Gasteiger partial charge is 0.319 e. The lowest BCUT2D eigenvalue weighted by Gasteiger charge is -2.51. The molecule has 0 heterocycles. The molecule has 1 N–H and O–H groups in total. The highest BCUT2D eigenvalue weighted by atomic mass is 16.5. The Kier molecular flexibility index (Phi) is 2.81. The van der Waals surface area contributed by atoms with E-state index in [2.05, 4.69) is 0 Å². The van der Waals surface area contributed by atoms with E-state index in [0.717, 1.165) is 6.42 Å². The first kappa shape index (κ1) is 12.6. The van der Waals surface area contributed by atoms with Crippen molar-refractivity contribution in [3.05, 3.63) is 0 Å². The molecule has 0 saturated heterocycles. The third-order valence-electron chi connectivity index (χ3n) is 4.62. The Labute approximate surface area is 101 Å². The van der Waals surface area contributed by atoms with Crippen LogP contribution in [0.1, 0.15) is 39.5 Å². The van der Waals surface area contributed by atoms with E-state index in [0.29, 0.717) is 19.3 Å². The quantitative estimate of drug-likeness (QED) is 0.554. The van der Waals surface area contributed by atoms with Crippen LogP contribution >= 0.6 is 0 Å². The minimum atomic E-state index is -0.978. The van der Waals surface area contributed by atoms with E-state index in [-0.39, 0.29) is 11.2 Å².